The van der Waals surface area contributed by atoms with Gasteiger partial charge in [-0.2, -0.15) is 0 Å². The molecule has 1 heterocycles. The van der Waals surface area contributed by atoms with Crippen LogP contribution in [0.15, 0.2) is 30.5 Å². The second-order valence-corrected chi connectivity index (χ2v) is 6.36. The summed E-state index contributed by atoms with van der Waals surface area (Å²) in [6.45, 7) is 1.05. The Morgan fingerprint density at radius 2 is 2.11 bits per heavy atom. The van der Waals surface area contributed by atoms with Crippen molar-refractivity contribution in [3.05, 3.63) is 35.5 Å². The molecule has 100 valence electrons. The molecule has 2 aromatic rings. The number of anilines is 1. The highest BCUT2D eigenvalue weighted by atomic mass is 35.5. The summed E-state index contributed by atoms with van der Waals surface area (Å²) in [6.07, 6.45) is 4.09. The predicted octanol–water partition coefficient (Wildman–Crippen LogP) is 4.34. The van der Waals surface area contributed by atoms with Crippen molar-refractivity contribution < 1.29 is 0 Å². The lowest BCUT2D eigenvalue weighted by molar-refractivity contribution is 0.329. The number of fused-ring (bicyclic) bond motifs is 1. The van der Waals surface area contributed by atoms with Gasteiger partial charge in [0.2, 0.25) is 0 Å². The van der Waals surface area contributed by atoms with Gasteiger partial charge < -0.3 is 4.90 Å². The lowest BCUT2D eigenvalue weighted by atomic mass is 9.84. The van der Waals surface area contributed by atoms with Crippen LogP contribution < -0.4 is 4.90 Å². The zero-order chi connectivity index (χ0) is 13.4. The van der Waals surface area contributed by atoms with E-state index in [1.165, 1.54) is 5.69 Å². The monoisotopic (exact) mass is 294 g/mol. The maximum absolute atomic E-state index is 6.04. The van der Waals surface area contributed by atoms with Crippen molar-refractivity contribution in [1.82, 2.24) is 4.98 Å². The molecule has 19 heavy (non-hydrogen) atoms. The average Bonchev–Trinajstić information content (AvgIpc) is 2.35. The van der Waals surface area contributed by atoms with Crippen molar-refractivity contribution in [2.45, 2.75) is 18.2 Å². The molecular weight excluding hydrogens is 279 g/mol. The molecule has 0 atom stereocenters. The quantitative estimate of drug-likeness (QED) is 0.783. The maximum Gasteiger partial charge on any atom is 0.0737 e. The first-order valence-corrected chi connectivity index (χ1v) is 7.34. The summed E-state index contributed by atoms with van der Waals surface area (Å²) in [5, 5.41) is 2.26. The molecule has 0 radical (unpaired) electrons. The van der Waals surface area contributed by atoms with E-state index in [1.54, 1.807) is 0 Å². The van der Waals surface area contributed by atoms with Crippen LogP contribution in [-0.2, 0) is 0 Å². The number of alkyl halides is 1. The van der Waals surface area contributed by atoms with Crippen LogP contribution in [0.25, 0.3) is 10.9 Å². The molecule has 1 fully saturated rings. The third-order valence-electron chi connectivity index (χ3n) is 3.80. The van der Waals surface area contributed by atoms with Crippen LogP contribution in [0.1, 0.15) is 12.8 Å². The number of rotatable bonds is 3. The summed E-state index contributed by atoms with van der Waals surface area (Å²) in [7, 11) is 2.13. The molecule has 1 aromatic carbocycles. The number of benzene rings is 1. The number of halogens is 2. The lowest BCUT2D eigenvalue weighted by Crippen LogP contribution is -2.34. The van der Waals surface area contributed by atoms with Crippen molar-refractivity contribution in [1.29, 1.82) is 0 Å². The molecule has 4 heteroatoms. The molecular formula is C15H16Cl2N2. The van der Waals surface area contributed by atoms with Crippen molar-refractivity contribution in [3.63, 3.8) is 0 Å². The summed E-state index contributed by atoms with van der Waals surface area (Å²) in [6, 6.07) is 7.93. The molecule has 1 aliphatic carbocycles. The van der Waals surface area contributed by atoms with E-state index in [1.807, 2.05) is 24.4 Å². The molecule has 0 unspecified atom stereocenters. The Labute approximate surface area is 123 Å². The fraction of sp³-hybridized carbons (Fsp3) is 0.400. The van der Waals surface area contributed by atoms with Gasteiger partial charge in [-0.25, -0.2) is 0 Å². The fourth-order valence-electron chi connectivity index (χ4n) is 2.73. The first kappa shape index (κ1) is 13.0. The standard InChI is InChI=1S/C15H16Cl2N2/c1-19(9-10-6-12(17)7-10)15-4-5-18-14-8-11(16)2-3-13(14)15/h2-5,8,10,12H,6-7,9H2,1H3. The smallest absolute Gasteiger partial charge is 0.0737 e. The Morgan fingerprint density at radius 1 is 1.32 bits per heavy atom. The summed E-state index contributed by atoms with van der Waals surface area (Å²) in [5.41, 5.74) is 2.15. The highest BCUT2D eigenvalue weighted by Crippen LogP contribution is 2.34. The van der Waals surface area contributed by atoms with Gasteiger partial charge in [0.15, 0.2) is 0 Å². The molecule has 2 nitrogen and oxygen atoms in total. The van der Waals surface area contributed by atoms with E-state index in [0.717, 1.165) is 35.3 Å². The third kappa shape index (κ3) is 2.65. The van der Waals surface area contributed by atoms with E-state index in [9.17, 15) is 0 Å². The molecule has 1 aromatic heterocycles. The molecule has 0 amide bonds. The number of pyridine rings is 1. The minimum absolute atomic E-state index is 0.381. The topological polar surface area (TPSA) is 16.1 Å². The van der Waals surface area contributed by atoms with E-state index < -0.39 is 0 Å². The highest BCUT2D eigenvalue weighted by Gasteiger charge is 2.28. The van der Waals surface area contributed by atoms with Crippen LogP contribution in [0.4, 0.5) is 5.69 Å². The molecule has 0 bridgehead atoms. The van der Waals surface area contributed by atoms with Gasteiger partial charge in [-0.05, 0) is 43.0 Å². The van der Waals surface area contributed by atoms with Gasteiger partial charge in [-0.3, -0.25) is 4.98 Å². The summed E-state index contributed by atoms with van der Waals surface area (Å²) in [4.78, 5) is 6.68. The first-order valence-electron chi connectivity index (χ1n) is 6.53. The normalized spacial score (nSPS) is 22.3. The van der Waals surface area contributed by atoms with Crippen LogP contribution in [0.2, 0.25) is 5.02 Å². The van der Waals surface area contributed by atoms with E-state index in [0.29, 0.717) is 11.3 Å². The summed E-state index contributed by atoms with van der Waals surface area (Å²) < 4.78 is 0. The average molecular weight is 295 g/mol. The molecule has 1 saturated carbocycles. The zero-order valence-electron chi connectivity index (χ0n) is 10.8. The first-order chi connectivity index (χ1) is 9.13. The second-order valence-electron chi connectivity index (χ2n) is 5.31. The number of nitrogens with zero attached hydrogens (tertiary/aromatic N) is 2. The van der Waals surface area contributed by atoms with Gasteiger partial charge in [-0.1, -0.05) is 11.6 Å². The SMILES string of the molecule is CN(CC1CC(Cl)C1)c1ccnc2cc(Cl)ccc12. The molecule has 0 saturated heterocycles. The number of hydrogen-bond acceptors (Lipinski definition) is 2. The minimum Gasteiger partial charge on any atom is -0.374 e. The van der Waals surface area contributed by atoms with Crippen LogP contribution in [0.3, 0.4) is 0 Å². The van der Waals surface area contributed by atoms with Gasteiger partial charge >= 0.3 is 0 Å². The third-order valence-corrected chi connectivity index (χ3v) is 4.39. The number of aromatic nitrogens is 1. The molecule has 0 spiro atoms. The van der Waals surface area contributed by atoms with Crippen molar-refractivity contribution in [2.75, 3.05) is 18.5 Å². The Bertz CT molecular complexity index is 594. The molecule has 3 rings (SSSR count). The zero-order valence-corrected chi connectivity index (χ0v) is 12.3. The molecule has 0 N–H and O–H groups in total. The minimum atomic E-state index is 0.381. The van der Waals surface area contributed by atoms with Gasteiger partial charge in [0.25, 0.3) is 0 Å². The second kappa shape index (κ2) is 5.18. The van der Waals surface area contributed by atoms with Gasteiger partial charge in [-0.15, -0.1) is 11.6 Å². The van der Waals surface area contributed by atoms with Crippen LogP contribution in [-0.4, -0.2) is 24.0 Å². The summed E-state index contributed by atoms with van der Waals surface area (Å²) in [5.74, 6) is 0.711. The van der Waals surface area contributed by atoms with E-state index >= 15 is 0 Å². The predicted molar refractivity (Wildman–Crippen MR) is 82.4 cm³/mol. The van der Waals surface area contributed by atoms with Gasteiger partial charge in [0, 0.05) is 41.3 Å². The molecule has 1 aliphatic rings. The van der Waals surface area contributed by atoms with Crippen molar-refractivity contribution >= 4 is 39.8 Å². The Morgan fingerprint density at radius 3 is 2.84 bits per heavy atom. The van der Waals surface area contributed by atoms with E-state index in [2.05, 4.69) is 23.0 Å². The largest absolute Gasteiger partial charge is 0.374 e. The lowest BCUT2D eigenvalue weighted by Gasteiger charge is -2.35. The van der Waals surface area contributed by atoms with Crippen molar-refractivity contribution in [2.24, 2.45) is 5.92 Å². The maximum atomic E-state index is 6.04. The molecule has 0 aliphatic heterocycles. The Hall–Kier alpha value is -0.990. The van der Waals surface area contributed by atoms with Gasteiger partial charge in [0.05, 0.1) is 5.52 Å². The van der Waals surface area contributed by atoms with Crippen LogP contribution in [0.5, 0.6) is 0 Å². The van der Waals surface area contributed by atoms with Crippen molar-refractivity contribution in [3.8, 4) is 0 Å². The number of hydrogen-bond donors (Lipinski definition) is 0. The van der Waals surface area contributed by atoms with E-state index in [-0.39, 0.29) is 0 Å². The Balaban J connectivity index is 1.87. The van der Waals surface area contributed by atoms with Crippen LogP contribution in [0, 0.1) is 5.92 Å². The van der Waals surface area contributed by atoms with Gasteiger partial charge in [0.1, 0.15) is 0 Å². The van der Waals surface area contributed by atoms with Crippen LogP contribution >= 0.6 is 23.2 Å². The highest BCUT2D eigenvalue weighted by molar-refractivity contribution is 6.31. The Kier molecular flexibility index (Phi) is 3.55. The fourth-order valence-corrected chi connectivity index (χ4v) is 3.40. The van der Waals surface area contributed by atoms with E-state index in [4.69, 9.17) is 23.2 Å². The summed E-state index contributed by atoms with van der Waals surface area (Å²) >= 11 is 12.1.